The fourth-order valence-corrected chi connectivity index (χ4v) is 24.7. The van der Waals surface area contributed by atoms with Gasteiger partial charge in [0.1, 0.15) is 6.61 Å². The van der Waals surface area contributed by atoms with Crippen LogP contribution >= 0.6 is 0 Å². The van der Waals surface area contributed by atoms with Crippen molar-refractivity contribution >= 4 is 17.7 Å². The molecule has 0 spiro atoms. The zero-order valence-corrected chi connectivity index (χ0v) is 74.3. The summed E-state index contributed by atoms with van der Waals surface area (Å²) in [7, 11) is 0. The van der Waals surface area contributed by atoms with E-state index in [-0.39, 0.29) is 18.5 Å². The SMILES string of the molecule is C=C(OCC1CCC(/C=C/C2CCC(C3CCC(CCC)CC3)CC2)CC1)C(C)=O.CCCC1CCC(/C=C/C2CCC(CCCCC3CO3)CC2)CC1.CCCC1CCC(C2CCC(/C=C/C3CCC(COC4CC(=O)OC4=O)CC3)CC2)CC1.CCCC1CCC(C2CCC(/C=C/C3CCC(COC4CO4)CC3)CC2)CC1. The molecule has 0 aromatic heterocycles. The molecule has 3 aliphatic heterocycles. The van der Waals surface area contributed by atoms with Gasteiger partial charge in [0.05, 0.1) is 39.0 Å². The molecular formula is C105H174O9. The van der Waals surface area contributed by atoms with E-state index in [9.17, 15) is 14.4 Å². The average Bonchev–Trinajstić information content (AvgIpc) is 1.43. The first kappa shape index (κ1) is 91.9. The molecule has 0 amide bonds. The number of carbonyl (C=O) groups excluding carboxylic acids is 3. The van der Waals surface area contributed by atoms with Gasteiger partial charge in [-0.05, 0) is 381 Å². The fraction of sp³-hybridized carbons (Fsp3) is 0.876. The van der Waals surface area contributed by atoms with Crippen molar-refractivity contribution in [2.45, 2.75) is 419 Å². The Kier molecular flexibility index (Phi) is 41.2. The lowest BCUT2D eigenvalue weighted by atomic mass is 9.68. The van der Waals surface area contributed by atoms with Crippen molar-refractivity contribution in [2.24, 2.45) is 130 Å². The Morgan fingerprint density at radius 3 is 0.860 bits per heavy atom. The summed E-state index contributed by atoms with van der Waals surface area (Å²) in [5.74, 6) is 19.2. The largest absolute Gasteiger partial charge is 0.490 e. The van der Waals surface area contributed by atoms with E-state index in [1.165, 1.54) is 354 Å². The highest BCUT2D eigenvalue weighted by Gasteiger charge is 2.38. The van der Waals surface area contributed by atoms with Crippen LogP contribution in [0.15, 0.2) is 60.9 Å². The van der Waals surface area contributed by atoms with Crippen molar-refractivity contribution in [3.8, 4) is 0 Å². The Balaban J connectivity index is 0.000000151. The minimum Gasteiger partial charge on any atom is -0.490 e. The van der Waals surface area contributed by atoms with Gasteiger partial charge in [-0.3, -0.25) is 9.59 Å². The number of rotatable bonds is 34. The quantitative estimate of drug-likeness (QED) is 0.0118. The summed E-state index contributed by atoms with van der Waals surface area (Å²) < 4.78 is 32.0. The van der Waals surface area contributed by atoms with Crippen LogP contribution in [0.4, 0.5) is 0 Å². The normalized spacial score (nSPS) is 38.3. The predicted molar refractivity (Wildman–Crippen MR) is 471 cm³/mol. The molecule has 3 saturated heterocycles. The first-order valence-corrected chi connectivity index (χ1v) is 50.5. The third-order valence-corrected chi connectivity index (χ3v) is 32.9. The number of Topliss-reactive ketones (excluding diaryl/α,β-unsaturated/α-hetero) is 1. The van der Waals surface area contributed by atoms with E-state index >= 15 is 0 Å². The minimum absolute atomic E-state index is 0.0504. The first-order chi connectivity index (χ1) is 55.8. The number of cyclic esters (lactones) is 2. The molecule has 14 aliphatic rings. The number of epoxide rings is 2. The van der Waals surface area contributed by atoms with Gasteiger partial charge >= 0.3 is 11.9 Å². The highest BCUT2D eigenvalue weighted by molar-refractivity contribution is 5.96. The standard InChI is InChI=1S/C28H44O4.C28H46O2.C26H44O2.C23H40O/c1-2-3-20-10-14-24(15-11-20)25-16-12-22(13-17-25)5-4-21-6-8-23(9-7-21)19-31-26-18-27(29)32-28(26)30;1-4-5-23-12-16-27(17-13-23)28-18-14-25(15-19-28)7-6-24-8-10-26(11-9-24)20-30-22(3)21(2)29;1-2-3-20-10-14-24(15-11-20)25-16-12-22(13-17-25)5-4-21-6-8-23(9-7-21)18-27-26-19-28-26;1-2-5-19-8-12-21(13-9-19)16-17-22-14-10-20(11-15-22)6-3-4-7-23-18-24-23/h4-5,20-26H,2-3,6-19H2,1H3;6-7,23-28H,3-5,8-20H2,1-2H3;4-5,20-26H,2-3,6-19H2,1H3;16-17,19-23H,2-15,18H2,1H3/b5-4+;7-6+;5-4+;17-16+. The van der Waals surface area contributed by atoms with Gasteiger partial charge in [-0.2, -0.15) is 0 Å². The summed E-state index contributed by atoms with van der Waals surface area (Å²) >= 11 is 0. The predicted octanol–water partition coefficient (Wildman–Crippen LogP) is 28.6. The van der Waals surface area contributed by atoms with E-state index in [0.717, 1.165) is 145 Å². The Morgan fingerprint density at radius 2 is 0.588 bits per heavy atom. The lowest BCUT2D eigenvalue weighted by Crippen LogP contribution is -2.25. The van der Waals surface area contributed by atoms with E-state index in [1.54, 1.807) is 0 Å². The molecule has 0 aromatic carbocycles. The van der Waals surface area contributed by atoms with E-state index < -0.39 is 18.0 Å². The summed E-state index contributed by atoms with van der Waals surface area (Å²) in [4.78, 5) is 33.9. The number of hydrogen-bond donors (Lipinski definition) is 0. The molecule has 0 N–H and O–H groups in total. The van der Waals surface area contributed by atoms with E-state index in [2.05, 4.69) is 87.6 Å². The highest BCUT2D eigenvalue weighted by Crippen LogP contribution is 2.48. The molecule has 0 aromatic rings. The van der Waals surface area contributed by atoms with Gasteiger partial charge in [-0.1, -0.05) is 192 Å². The van der Waals surface area contributed by atoms with Gasteiger partial charge in [0, 0.05) is 6.92 Å². The maximum Gasteiger partial charge on any atom is 0.343 e. The van der Waals surface area contributed by atoms with Crippen LogP contribution in [0.3, 0.4) is 0 Å². The van der Waals surface area contributed by atoms with Gasteiger partial charge in [0.2, 0.25) is 0 Å². The number of ether oxygens (including phenoxy) is 6. The second-order valence-electron chi connectivity index (χ2n) is 41.4. The molecular weight excluding hydrogens is 1410 g/mol. The summed E-state index contributed by atoms with van der Waals surface area (Å²) in [6.45, 7) is 18.6. The van der Waals surface area contributed by atoms with Crippen molar-refractivity contribution in [1.29, 1.82) is 0 Å². The molecule has 9 heteroatoms. The second kappa shape index (κ2) is 51.2. The topological polar surface area (TPSA) is 113 Å². The Hall–Kier alpha value is -2.85. The first-order valence-electron chi connectivity index (χ1n) is 50.5. The van der Waals surface area contributed by atoms with Crippen LogP contribution in [0.2, 0.25) is 0 Å². The molecule has 648 valence electrons. The number of unbranched alkanes of at least 4 members (excludes halogenated alkanes) is 1. The molecule has 11 aliphatic carbocycles. The summed E-state index contributed by atoms with van der Waals surface area (Å²) in [6.07, 6.45) is 100. The monoisotopic (exact) mass is 1580 g/mol. The molecule has 3 heterocycles. The third-order valence-electron chi connectivity index (χ3n) is 32.9. The van der Waals surface area contributed by atoms with Gasteiger partial charge in [0.15, 0.2) is 23.9 Å². The zero-order valence-electron chi connectivity index (χ0n) is 74.3. The van der Waals surface area contributed by atoms with E-state index in [1.807, 2.05) is 0 Å². The van der Waals surface area contributed by atoms with Crippen molar-refractivity contribution < 1.29 is 42.8 Å². The maximum atomic E-state index is 11.5. The number of ketones is 1. The van der Waals surface area contributed by atoms with Gasteiger partial charge in [0.25, 0.3) is 0 Å². The fourth-order valence-electron chi connectivity index (χ4n) is 24.7. The zero-order chi connectivity index (χ0) is 79.5. The van der Waals surface area contributed by atoms with E-state index in [4.69, 9.17) is 23.7 Å². The number of esters is 2. The van der Waals surface area contributed by atoms with Gasteiger partial charge < -0.3 is 28.4 Å². The van der Waals surface area contributed by atoms with Crippen molar-refractivity contribution in [1.82, 2.24) is 0 Å². The van der Waals surface area contributed by atoms with Crippen LogP contribution in [-0.4, -0.2) is 69.3 Å². The van der Waals surface area contributed by atoms with Crippen molar-refractivity contribution in [3.63, 3.8) is 0 Å². The molecule has 0 bridgehead atoms. The minimum atomic E-state index is -0.665. The highest BCUT2D eigenvalue weighted by atomic mass is 16.8. The number of carbonyl (C=O) groups is 3. The summed E-state index contributed by atoms with van der Waals surface area (Å²) in [5, 5.41) is 0. The van der Waals surface area contributed by atoms with E-state index in [0.29, 0.717) is 42.8 Å². The molecule has 9 nitrogen and oxygen atoms in total. The van der Waals surface area contributed by atoms with Crippen LogP contribution < -0.4 is 0 Å². The van der Waals surface area contributed by atoms with Gasteiger partial charge in [-0.25, -0.2) is 4.79 Å². The van der Waals surface area contributed by atoms with Crippen LogP contribution in [0.25, 0.3) is 0 Å². The third kappa shape index (κ3) is 33.5. The summed E-state index contributed by atoms with van der Waals surface area (Å²) in [6, 6.07) is 0. The molecule has 14 rings (SSSR count). The smallest absolute Gasteiger partial charge is 0.343 e. The maximum absolute atomic E-state index is 11.5. The van der Waals surface area contributed by atoms with Crippen molar-refractivity contribution in [3.05, 3.63) is 60.9 Å². The van der Waals surface area contributed by atoms with Crippen LogP contribution in [0, 0.1) is 130 Å². The van der Waals surface area contributed by atoms with Crippen LogP contribution in [-0.2, 0) is 42.8 Å². The molecule has 3 unspecified atom stereocenters. The Morgan fingerprint density at radius 1 is 0.333 bits per heavy atom. The van der Waals surface area contributed by atoms with Crippen LogP contribution in [0.5, 0.6) is 0 Å². The lowest BCUT2D eigenvalue weighted by Gasteiger charge is -2.37. The molecule has 11 saturated carbocycles. The second-order valence-corrected chi connectivity index (χ2v) is 41.4. The molecule has 3 atom stereocenters. The number of allylic oxidation sites excluding steroid dienone is 9. The van der Waals surface area contributed by atoms with Crippen LogP contribution in [0.1, 0.15) is 401 Å². The Labute approximate surface area is 699 Å². The Bertz CT molecular complexity index is 2740. The van der Waals surface area contributed by atoms with Gasteiger partial charge in [-0.15, -0.1) is 0 Å². The lowest BCUT2D eigenvalue weighted by molar-refractivity contribution is -0.156. The number of hydrogen-bond acceptors (Lipinski definition) is 9. The molecule has 0 radical (unpaired) electrons. The average molecular weight is 1580 g/mol. The summed E-state index contributed by atoms with van der Waals surface area (Å²) in [5.41, 5.74) is 0. The molecule has 114 heavy (non-hydrogen) atoms. The van der Waals surface area contributed by atoms with Crippen molar-refractivity contribution in [2.75, 3.05) is 33.0 Å². The molecule has 14 fully saturated rings.